The minimum absolute atomic E-state index is 0.00305. The molecular weight excluding hydrogens is 346 g/mol. The number of nitrogens with zero attached hydrogens (tertiary/aromatic N) is 4. The normalized spacial score (nSPS) is 15.0. The Morgan fingerprint density at radius 1 is 1.19 bits per heavy atom. The van der Waals surface area contributed by atoms with Crippen molar-refractivity contribution in [2.45, 2.75) is 18.9 Å². The molecule has 136 valence electrons. The molecule has 0 spiro atoms. The highest BCUT2D eigenvalue weighted by molar-refractivity contribution is 5.75. The van der Waals surface area contributed by atoms with Crippen LogP contribution in [0.1, 0.15) is 24.4 Å². The molecule has 4 rings (SSSR count). The fraction of sp³-hybridized carbons (Fsp3) is 0.263. The summed E-state index contributed by atoms with van der Waals surface area (Å²) in [5.74, 6) is 0. The minimum atomic E-state index is -0.424. The van der Waals surface area contributed by atoms with Gasteiger partial charge in [-0.15, -0.1) is 0 Å². The maximum Gasteiger partial charge on any atom is 0.326 e. The van der Waals surface area contributed by atoms with E-state index in [0.717, 1.165) is 11.0 Å². The maximum atomic E-state index is 12.4. The Morgan fingerprint density at radius 2 is 1.93 bits per heavy atom. The molecule has 1 aliphatic rings. The van der Waals surface area contributed by atoms with E-state index in [4.69, 9.17) is 5.26 Å². The molecule has 0 radical (unpaired) electrons. The number of piperidine rings is 1. The Morgan fingerprint density at radius 3 is 2.63 bits per heavy atom. The SMILES string of the molecule is N#Cc1ccc([N+](=O)[O-])c(N2CCC(n3c(=O)[nH]c4ccccc43)CC2)c1. The predicted octanol–water partition coefficient (Wildman–Crippen LogP) is 2.95. The third-order valence-electron chi connectivity index (χ3n) is 5.10. The summed E-state index contributed by atoms with van der Waals surface area (Å²) in [6.45, 7) is 1.15. The molecule has 3 aromatic rings. The van der Waals surface area contributed by atoms with E-state index in [2.05, 4.69) is 4.98 Å². The van der Waals surface area contributed by atoms with E-state index in [1.165, 1.54) is 12.1 Å². The lowest BCUT2D eigenvalue weighted by Gasteiger charge is -2.33. The molecule has 27 heavy (non-hydrogen) atoms. The number of imidazole rings is 1. The highest BCUT2D eigenvalue weighted by atomic mass is 16.6. The minimum Gasteiger partial charge on any atom is -0.366 e. The summed E-state index contributed by atoms with van der Waals surface area (Å²) < 4.78 is 1.78. The summed E-state index contributed by atoms with van der Waals surface area (Å²) in [6, 6.07) is 14.0. The fourth-order valence-corrected chi connectivity index (χ4v) is 3.80. The maximum absolute atomic E-state index is 12.4. The van der Waals surface area contributed by atoms with Gasteiger partial charge in [-0.1, -0.05) is 12.1 Å². The molecule has 0 atom stereocenters. The molecule has 1 aliphatic heterocycles. The van der Waals surface area contributed by atoms with Gasteiger partial charge < -0.3 is 9.88 Å². The lowest BCUT2D eigenvalue weighted by molar-refractivity contribution is -0.384. The molecule has 0 saturated carbocycles. The molecule has 1 fully saturated rings. The number of para-hydroxylation sites is 2. The van der Waals surface area contributed by atoms with E-state index in [9.17, 15) is 14.9 Å². The molecule has 8 heteroatoms. The lowest BCUT2D eigenvalue weighted by Crippen LogP contribution is -2.37. The van der Waals surface area contributed by atoms with Crippen molar-refractivity contribution >= 4 is 22.4 Å². The van der Waals surface area contributed by atoms with Crippen LogP contribution in [0.25, 0.3) is 11.0 Å². The van der Waals surface area contributed by atoms with Crippen molar-refractivity contribution in [2.75, 3.05) is 18.0 Å². The van der Waals surface area contributed by atoms with Crippen LogP contribution in [0.2, 0.25) is 0 Å². The summed E-state index contributed by atoms with van der Waals surface area (Å²) in [4.78, 5) is 28.1. The number of nitriles is 1. The Kier molecular flexibility index (Phi) is 4.12. The number of nitrogens with one attached hydrogen (secondary N) is 1. The zero-order chi connectivity index (χ0) is 19.0. The van der Waals surface area contributed by atoms with Crippen LogP contribution in [0.5, 0.6) is 0 Å². The van der Waals surface area contributed by atoms with Gasteiger partial charge >= 0.3 is 5.69 Å². The van der Waals surface area contributed by atoms with Crippen LogP contribution in [0.4, 0.5) is 11.4 Å². The number of anilines is 1. The number of aromatic nitrogens is 2. The number of fused-ring (bicyclic) bond motifs is 1. The second-order valence-corrected chi connectivity index (χ2v) is 6.61. The number of H-pyrrole nitrogens is 1. The lowest BCUT2D eigenvalue weighted by atomic mass is 10.0. The number of hydrogen-bond acceptors (Lipinski definition) is 5. The highest BCUT2D eigenvalue weighted by Gasteiger charge is 2.27. The molecule has 1 saturated heterocycles. The first-order chi connectivity index (χ1) is 13.1. The first-order valence-electron chi connectivity index (χ1n) is 8.71. The summed E-state index contributed by atoms with van der Waals surface area (Å²) in [5, 5.41) is 20.5. The predicted molar refractivity (Wildman–Crippen MR) is 101 cm³/mol. The summed E-state index contributed by atoms with van der Waals surface area (Å²) in [5.41, 5.74) is 2.40. The number of nitro groups is 1. The van der Waals surface area contributed by atoms with Gasteiger partial charge in [0.05, 0.1) is 27.6 Å². The molecule has 0 amide bonds. The summed E-state index contributed by atoms with van der Waals surface area (Å²) in [7, 11) is 0. The van der Waals surface area contributed by atoms with Gasteiger partial charge in [0.2, 0.25) is 0 Å². The van der Waals surface area contributed by atoms with Crippen LogP contribution in [-0.2, 0) is 0 Å². The van der Waals surface area contributed by atoms with E-state index in [-0.39, 0.29) is 17.4 Å². The average molecular weight is 363 g/mol. The van der Waals surface area contributed by atoms with Gasteiger partial charge in [-0.05, 0) is 37.1 Å². The highest BCUT2D eigenvalue weighted by Crippen LogP contribution is 2.33. The van der Waals surface area contributed by atoms with Crippen molar-refractivity contribution in [1.82, 2.24) is 9.55 Å². The Balaban J connectivity index is 1.61. The average Bonchev–Trinajstić information content (AvgIpc) is 3.03. The van der Waals surface area contributed by atoms with Crippen LogP contribution in [0.3, 0.4) is 0 Å². The Labute approximate surface area is 154 Å². The van der Waals surface area contributed by atoms with Crippen LogP contribution in [0, 0.1) is 21.4 Å². The number of rotatable bonds is 3. The molecule has 2 heterocycles. The van der Waals surface area contributed by atoms with E-state index in [1.54, 1.807) is 10.6 Å². The quantitative estimate of drug-likeness (QED) is 0.568. The number of aromatic amines is 1. The standard InChI is InChI=1S/C19H17N5O3/c20-12-13-5-6-17(24(26)27)18(11-13)22-9-7-14(8-10-22)23-16-4-2-1-3-15(16)21-19(23)25/h1-6,11,14H,7-10H2,(H,21,25). The first-order valence-corrected chi connectivity index (χ1v) is 8.71. The van der Waals surface area contributed by atoms with E-state index < -0.39 is 4.92 Å². The van der Waals surface area contributed by atoms with Gasteiger partial charge in [-0.3, -0.25) is 14.7 Å². The van der Waals surface area contributed by atoms with Crippen molar-refractivity contribution in [3.8, 4) is 6.07 Å². The molecule has 0 unspecified atom stereocenters. The molecule has 2 aromatic carbocycles. The zero-order valence-electron chi connectivity index (χ0n) is 14.5. The van der Waals surface area contributed by atoms with E-state index >= 15 is 0 Å². The molecule has 1 aromatic heterocycles. The van der Waals surface area contributed by atoms with Crippen LogP contribution < -0.4 is 10.6 Å². The first kappa shape index (κ1) is 16.8. The van der Waals surface area contributed by atoms with E-state index in [0.29, 0.717) is 37.2 Å². The smallest absolute Gasteiger partial charge is 0.326 e. The van der Waals surface area contributed by atoms with Gasteiger partial charge in [-0.2, -0.15) is 5.26 Å². The number of benzene rings is 2. The Bertz CT molecular complexity index is 1120. The molecule has 0 aliphatic carbocycles. The van der Waals surface area contributed by atoms with Gasteiger partial charge in [0.15, 0.2) is 0 Å². The molecular formula is C19H17N5O3. The van der Waals surface area contributed by atoms with Gasteiger partial charge in [0.1, 0.15) is 5.69 Å². The van der Waals surface area contributed by atoms with Crippen molar-refractivity contribution in [3.05, 3.63) is 68.6 Å². The topological polar surface area (TPSA) is 108 Å². The third-order valence-corrected chi connectivity index (χ3v) is 5.10. The molecule has 1 N–H and O–H groups in total. The van der Waals surface area contributed by atoms with Crippen molar-refractivity contribution < 1.29 is 4.92 Å². The zero-order valence-corrected chi connectivity index (χ0v) is 14.5. The van der Waals surface area contributed by atoms with E-state index in [1.807, 2.05) is 35.2 Å². The molecule has 8 nitrogen and oxygen atoms in total. The summed E-state index contributed by atoms with van der Waals surface area (Å²) in [6.07, 6.45) is 1.38. The third kappa shape index (κ3) is 2.93. The second kappa shape index (κ2) is 6.61. The van der Waals surface area contributed by atoms with Crippen molar-refractivity contribution in [1.29, 1.82) is 5.26 Å². The Hall–Kier alpha value is -3.60. The molecule has 0 bridgehead atoms. The van der Waals surface area contributed by atoms with Crippen LogP contribution in [0.15, 0.2) is 47.3 Å². The van der Waals surface area contributed by atoms with Crippen molar-refractivity contribution in [2.24, 2.45) is 0 Å². The second-order valence-electron chi connectivity index (χ2n) is 6.61. The van der Waals surface area contributed by atoms with Gasteiger partial charge in [0.25, 0.3) is 5.69 Å². The summed E-state index contributed by atoms with van der Waals surface area (Å²) >= 11 is 0. The van der Waals surface area contributed by atoms with Gasteiger partial charge in [0, 0.05) is 25.2 Å². The monoisotopic (exact) mass is 363 g/mol. The number of hydrogen-bond donors (Lipinski definition) is 1. The number of nitro benzene ring substituents is 1. The largest absolute Gasteiger partial charge is 0.366 e. The van der Waals surface area contributed by atoms with Crippen LogP contribution >= 0.6 is 0 Å². The van der Waals surface area contributed by atoms with Gasteiger partial charge in [-0.25, -0.2) is 4.79 Å². The van der Waals surface area contributed by atoms with Crippen molar-refractivity contribution in [3.63, 3.8) is 0 Å². The van der Waals surface area contributed by atoms with Crippen LogP contribution in [-0.4, -0.2) is 27.6 Å². The fourth-order valence-electron chi connectivity index (χ4n) is 3.80.